The number of rotatable bonds is 7. The van der Waals surface area contributed by atoms with Gasteiger partial charge in [0.15, 0.2) is 21.4 Å². The maximum Gasteiger partial charge on any atom is 0.189 e. The van der Waals surface area contributed by atoms with Crippen molar-refractivity contribution in [3.63, 3.8) is 0 Å². The Morgan fingerprint density at radius 2 is 1.41 bits per heavy atom. The van der Waals surface area contributed by atoms with E-state index < -0.39 is 33.1 Å². The first kappa shape index (κ1) is 21.1. The average Bonchev–Trinajstić information content (AvgIpc) is 2.72. The van der Waals surface area contributed by atoms with E-state index in [9.17, 15) is 18.0 Å². The molecule has 29 heavy (non-hydrogen) atoms. The van der Waals surface area contributed by atoms with Crippen molar-refractivity contribution in [3.8, 4) is 0 Å². The van der Waals surface area contributed by atoms with Gasteiger partial charge >= 0.3 is 0 Å². The molecule has 3 rings (SSSR count). The zero-order chi connectivity index (χ0) is 21.0. The third kappa shape index (κ3) is 4.89. The summed E-state index contributed by atoms with van der Waals surface area (Å²) in [7, 11) is -4.06. The second-order valence-electron chi connectivity index (χ2n) is 6.71. The summed E-state index contributed by atoms with van der Waals surface area (Å²) in [5.74, 6) is -0.987. The highest BCUT2D eigenvalue weighted by Crippen LogP contribution is 2.25. The van der Waals surface area contributed by atoms with Crippen LogP contribution in [-0.4, -0.2) is 25.2 Å². The Morgan fingerprint density at radius 3 is 2.00 bits per heavy atom. The normalized spacial score (nSPS) is 12.3. The summed E-state index contributed by atoms with van der Waals surface area (Å²) < 4.78 is 27.4. The van der Waals surface area contributed by atoms with Gasteiger partial charge in [0, 0.05) is 22.0 Å². The standard InChI is InChI=1S/C23H19BrO4S/c1-16-7-13-20(14-8-16)29(27,28)22(15-21(25)17-5-3-2-4-6-17)23(26)18-9-11-19(24)12-10-18/h2-14,22H,15H2,1H3/t22-/m0/s1. The molecule has 4 nitrogen and oxygen atoms in total. The predicted molar refractivity (Wildman–Crippen MR) is 116 cm³/mol. The third-order valence-corrected chi connectivity index (χ3v) is 7.20. The number of aryl methyl sites for hydroxylation is 1. The monoisotopic (exact) mass is 470 g/mol. The first-order chi connectivity index (χ1) is 13.8. The van der Waals surface area contributed by atoms with Crippen LogP contribution in [0.15, 0.2) is 88.2 Å². The van der Waals surface area contributed by atoms with Crippen molar-refractivity contribution in [2.75, 3.05) is 0 Å². The van der Waals surface area contributed by atoms with Gasteiger partial charge in [0.1, 0.15) is 5.25 Å². The van der Waals surface area contributed by atoms with Crippen LogP contribution in [0.1, 0.15) is 32.7 Å². The van der Waals surface area contributed by atoms with E-state index in [1.807, 2.05) is 6.92 Å². The van der Waals surface area contributed by atoms with Crippen LogP contribution < -0.4 is 0 Å². The van der Waals surface area contributed by atoms with Crippen LogP contribution >= 0.6 is 15.9 Å². The topological polar surface area (TPSA) is 68.3 Å². The fraction of sp³-hybridized carbons (Fsp3) is 0.130. The Labute approximate surface area is 178 Å². The summed E-state index contributed by atoms with van der Waals surface area (Å²) in [4.78, 5) is 25.9. The molecule has 0 unspecified atom stereocenters. The van der Waals surface area contributed by atoms with Gasteiger partial charge in [-0.3, -0.25) is 9.59 Å². The Balaban J connectivity index is 2.03. The zero-order valence-electron chi connectivity index (χ0n) is 15.7. The zero-order valence-corrected chi connectivity index (χ0v) is 18.1. The highest BCUT2D eigenvalue weighted by Gasteiger charge is 2.36. The number of sulfone groups is 1. The van der Waals surface area contributed by atoms with Crippen LogP contribution in [0.25, 0.3) is 0 Å². The molecule has 3 aromatic carbocycles. The van der Waals surface area contributed by atoms with Gasteiger partial charge in [0.25, 0.3) is 0 Å². The molecule has 6 heteroatoms. The molecule has 148 valence electrons. The van der Waals surface area contributed by atoms with Crippen LogP contribution in [0.3, 0.4) is 0 Å². The minimum absolute atomic E-state index is 0.0272. The number of benzene rings is 3. The first-order valence-electron chi connectivity index (χ1n) is 8.97. The lowest BCUT2D eigenvalue weighted by molar-refractivity contribution is 0.0920. The fourth-order valence-electron chi connectivity index (χ4n) is 2.95. The maximum absolute atomic E-state index is 13.3. The second kappa shape index (κ2) is 8.84. The van der Waals surface area contributed by atoms with Gasteiger partial charge in [-0.15, -0.1) is 0 Å². The lowest BCUT2D eigenvalue weighted by atomic mass is 10.0. The van der Waals surface area contributed by atoms with Gasteiger partial charge < -0.3 is 0 Å². The van der Waals surface area contributed by atoms with Gasteiger partial charge in [0.05, 0.1) is 4.90 Å². The number of hydrogen-bond acceptors (Lipinski definition) is 4. The van der Waals surface area contributed by atoms with E-state index in [0.717, 1.165) is 10.0 Å². The molecule has 1 atom stereocenters. The van der Waals surface area contributed by atoms with E-state index in [-0.39, 0.29) is 10.5 Å². The molecule has 0 aliphatic heterocycles. The largest absolute Gasteiger partial charge is 0.294 e. The SMILES string of the molecule is Cc1ccc(S(=O)(=O)[C@@H](CC(=O)c2ccccc2)C(=O)c2ccc(Br)cc2)cc1. The summed E-state index contributed by atoms with van der Waals surface area (Å²) >= 11 is 3.30. The fourth-order valence-corrected chi connectivity index (χ4v) is 4.84. The van der Waals surface area contributed by atoms with Crippen LogP contribution in [0.5, 0.6) is 0 Å². The third-order valence-electron chi connectivity index (χ3n) is 4.61. The molecular weight excluding hydrogens is 452 g/mol. The van der Waals surface area contributed by atoms with Crippen molar-refractivity contribution in [2.45, 2.75) is 23.5 Å². The summed E-state index contributed by atoms with van der Waals surface area (Å²) in [5.41, 5.74) is 1.52. The summed E-state index contributed by atoms with van der Waals surface area (Å²) in [6, 6.07) is 21.1. The molecule has 0 N–H and O–H groups in total. The summed E-state index contributed by atoms with van der Waals surface area (Å²) in [5, 5.41) is -1.50. The van der Waals surface area contributed by atoms with Gasteiger partial charge in [-0.25, -0.2) is 8.42 Å². The van der Waals surface area contributed by atoms with Crippen molar-refractivity contribution in [1.82, 2.24) is 0 Å². The Kier molecular flexibility index (Phi) is 6.45. The lowest BCUT2D eigenvalue weighted by Gasteiger charge is -2.17. The molecular formula is C23H19BrO4S. The van der Waals surface area contributed by atoms with E-state index in [0.29, 0.717) is 5.56 Å². The number of ketones is 2. The Hall–Kier alpha value is -2.57. The number of carbonyl (C=O) groups is 2. The molecule has 0 radical (unpaired) electrons. The van der Waals surface area contributed by atoms with Crippen LogP contribution in [-0.2, 0) is 9.84 Å². The van der Waals surface area contributed by atoms with Gasteiger partial charge in [0.2, 0.25) is 0 Å². The molecule has 0 saturated heterocycles. The molecule has 0 aromatic heterocycles. The molecule has 0 aliphatic carbocycles. The number of halogens is 1. The first-order valence-corrected chi connectivity index (χ1v) is 11.3. The van der Waals surface area contributed by atoms with Crippen LogP contribution in [0.2, 0.25) is 0 Å². The van der Waals surface area contributed by atoms with Gasteiger partial charge in [-0.05, 0) is 31.2 Å². The molecule has 0 saturated carbocycles. The average molecular weight is 471 g/mol. The molecule has 0 amide bonds. The second-order valence-corrected chi connectivity index (χ2v) is 9.76. The molecule has 3 aromatic rings. The minimum Gasteiger partial charge on any atom is -0.294 e. The highest BCUT2D eigenvalue weighted by atomic mass is 79.9. The quantitative estimate of drug-likeness (QED) is 0.452. The van der Waals surface area contributed by atoms with Crippen molar-refractivity contribution < 1.29 is 18.0 Å². The molecule has 0 heterocycles. The predicted octanol–water partition coefficient (Wildman–Crippen LogP) is 5.06. The smallest absolute Gasteiger partial charge is 0.189 e. The van der Waals surface area contributed by atoms with E-state index in [1.54, 1.807) is 66.7 Å². The maximum atomic E-state index is 13.3. The number of hydrogen-bond donors (Lipinski definition) is 0. The molecule has 0 spiro atoms. The van der Waals surface area contributed by atoms with Crippen molar-refractivity contribution in [1.29, 1.82) is 0 Å². The number of carbonyl (C=O) groups excluding carboxylic acids is 2. The van der Waals surface area contributed by atoms with E-state index in [2.05, 4.69) is 15.9 Å². The highest BCUT2D eigenvalue weighted by molar-refractivity contribution is 9.10. The Morgan fingerprint density at radius 1 is 0.828 bits per heavy atom. The number of Topliss-reactive ketones (excluding diaryl/α,β-unsaturated/α-hetero) is 2. The van der Waals surface area contributed by atoms with E-state index in [1.165, 1.54) is 12.1 Å². The molecule has 0 fully saturated rings. The Bertz CT molecular complexity index is 1120. The van der Waals surface area contributed by atoms with Gasteiger partial charge in [-0.2, -0.15) is 0 Å². The summed E-state index contributed by atoms with van der Waals surface area (Å²) in [6.45, 7) is 1.85. The minimum atomic E-state index is -4.06. The van der Waals surface area contributed by atoms with E-state index >= 15 is 0 Å². The van der Waals surface area contributed by atoms with Crippen molar-refractivity contribution in [2.24, 2.45) is 0 Å². The summed E-state index contributed by atoms with van der Waals surface area (Å²) in [6.07, 6.45) is -0.422. The van der Waals surface area contributed by atoms with Crippen LogP contribution in [0.4, 0.5) is 0 Å². The molecule has 0 bridgehead atoms. The lowest BCUT2D eigenvalue weighted by Crippen LogP contribution is -2.33. The van der Waals surface area contributed by atoms with Crippen molar-refractivity contribution >= 4 is 37.3 Å². The van der Waals surface area contributed by atoms with Crippen LogP contribution in [0, 0.1) is 6.92 Å². The molecule has 0 aliphatic rings. The van der Waals surface area contributed by atoms with Gasteiger partial charge in [-0.1, -0.05) is 76.1 Å². The van der Waals surface area contributed by atoms with Crippen molar-refractivity contribution in [3.05, 3.63) is 100 Å². The van der Waals surface area contributed by atoms with E-state index in [4.69, 9.17) is 0 Å².